The van der Waals surface area contributed by atoms with Crippen molar-refractivity contribution in [1.29, 1.82) is 0 Å². The van der Waals surface area contributed by atoms with Gasteiger partial charge in [-0.1, -0.05) is 37.5 Å². The van der Waals surface area contributed by atoms with E-state index in [0.717, 1.165) is 48.3 Å². The van der Waals surface area contributed by atoms with E-state index in [4.69, 9.17) is 0 Å². The predicted molar refractivity (Wildman–Crippen MR) is 147 cm³/mol. The fourth-order valence-corrected chi connectivity index (χ4v) is 6.25. The van der Waals surface area contributed by atoms with E-state index in [9.17, 15) is 9.18 Å². The molecule has 0 bridgehead atoms. The van der Waals surface area contributed by atoms with E-state index in [1.54, 1.807) is 18.2 Å². The number of rotatable bonds is 4. The minimum atomic E-state index is -0.379. The number of aromatic nitrogens is 1. The van der Waals surface area contributed by atoms with Gasteiger partial charge in [0.1, 0.15) is 11.5 Å². The van der Waals surface area contributed by atoms with Crippen molar-refractivity contribution in [2.75, 3.05) is 0 Å². The van der Waals surface area contributed by atoms with Gasteiger partial charge >= 0.3 is 0 Å². The molecule has 2 fully saturated rings. The van der Waals surface area contributed by atoms with Gasteiger partial charge in [0.2, 0.25) is 0 Å². The van der Waals surface area contributed by atoms with Crippen molar-refractivity contribution in [1.82, 2.24) is 9.47 Å². The summed E-state index contributed by atoms with van der Waals surface area (Å²) in [6.07, 6.45) is 7.28. The molecule has 0 atom stereocenters. The van der Waals surface area contributed by atoms with Crippen LogP contribution in [0.15, 0.2) is 58.4 Å². The number of benzene rings is 2. The molecule has 6 heteroatoms. The molecule has 2 aromatic carbocycles. The molecule has 0 spiro atoms. The molecular formula is C30H32FN3OS. The zero-order chi connectivity index (χ0) is 25.4. The SMILES string of the molecule is Cc1ccc(-n2c(C)cc(/C=C3\SC(=Nc4ccccc4F)N(C4CCCCC4)C3=O)c2C)cc1C. The Bertz CT molecular complexity index is 1380. The van der Waals surface area contributed by atoms with Crippen molar-refractivity contribution in [3.8, 4) is 5.69 Å². The van der Waals surface area contributed by atoms with E-state index < -0.39 is 0 Å². The largest absolute Gasteiger partial charge is 0.318 e. The summed E-state index contributed by atoms with van der Waals surface area (Å²) in [5.74, 6) is -0.408. The second kappa shape index (κ2) is 10.1. The lowest BCUT2D eigenvalue weighted by Gasteiger charge is -2.30. The van der Waals surface area contributed by atoms with Gasteiger partial charge in [0, 0.05) is 23.1 Å². The first-order chi connectivity index (χ1) is 17.3. The van der Waals surface area contributed by atoms with Crippen LogP contribution in [-0.4, -0.2) is 26.6 Å². The first-order valence-corrected chi connectivity index (χ1v) is 13.5. The number of hydrogen-bond donors (Lipinski definition) is 0. The Morgan fingerprint density at radius 2 is 1.72 bits per heavy atom. The molecule has 2 heterocycles. The van der Waals surface area contributed by atoms with Crippen LogP contribution in [0.4, 0.5) is 10.1 Å². The van der Waals surface area contributed by atoms with Gasteiger partial charge in [0.05, 0.1) is 4.91 Å². The van der Waals surface area contributed by atoms with Crippen LogP contribution in [-0.2, 0) is 4.79 Å². The normalized spacial score (nSPS) is 19.1. The molecule has 0 radical (unpaired) electrons. The quantitative estimate of drug-likeness (QED) is 0.342. The van der Waals surface area contributed by atoms with Gasteiger partial charge in [-0.05, 0) is 105 Å². The number of aliphatic imine (C=N–C) groups is 1. The van der Waals surface area contributed by atoms with Gasteiger partial charge in [-0.15, -0.1) is 0 Å². The molecule has 1 aromatic heterocycles. The average Bonchev–Trinajstić information content (AvgIpc) is 3.32. The summed E-state index contributed by atoms with van der Waals surface area (Å²) in [5.41, 5.74) is 7.11. The molecule has 0 N–H and O–H groups in total. The number of carbonyl (C=O) groups excluding carboxylic acids is 1. The van der Waals surface area contributed by atoms with Crippen LogP contribution in [0.25, 0.3) is 11.8 Å². The predicted octanol–water partition coefficient (Wildman–Crippen LogP) is 7.79. The molecular weight excluding hydrogens is 469 g/mol. The fraction of sp³-hybridized carbons (Fsp3) is 0.333. The van der Waals surface area contributed by atoms with Gasteiger partial charge in [-0.3, -0.25) is 9.69 Å². The summed E-state index contributed by atoms with van der Waals surface area (Å²) in [5, 5.41) is 0.575. The van der Waals surface area contributed by atoms with Gasteiger partial charge < -0.3 is 4.57 Å². The maximum atomic E-state index is 14.4. The van der Waals surface area contributed by atoms with Crippen molar-refractivity contribution in [3.63, 3.8) is 0 Å². The molecule has 36 heavy (non-hydrogen) atoms. The molecule has 2 aliphatic rings. The minimum Gasteiger partial charge on any atom is -0.318 e. The van der Waals surface area contributed by atoms with Crippen molar-refractivity contribution in [3.05, 3.63) is 87.3 Å². The third-order valence-electron chi connectivity index (χ3n) is 7.35. The molecule has 1 amide bonds. The van der Waals surface area contributed by atoms with Crippen LogP contribution >= 0.6 is 11.8 Å². The van der Waals surface area contributed by atoms with E-state index >= 15 is 0 Å². The number of thioether (sulfide) groups is 1. The lowest BCUT2D eigenvalue weighted by molar-refractivity contribution is -0.124. The van der Waals surface area contributed by atoms with E-state index in [1.807, 2.05) is 11.0 Å². The monoisotopic (exact) mass is 501 g/mol. The van der Waals surface area contributed by atoms with Gasteiger partial charge in [0.25, 0.3) is 5.91 Å². The summed E-state index contributed by atoms with van der Waals surface area (Å²) in [6, 6.07) is 15.2. The third-order valence-corrected chi connectivity index (χ3v) is 8.33. The number of para-hydroxylation sites is 1. The first-order valence-electron chi connectivity index (χ1n) is 12.7. The number of hydrogen-bond acceptors (Lipinski definition) is 3. The average molecular weight is 502 g/mol. The molecule has 5 rings (SSSR count). The topological polar surface area (TPSA) is 37.6 Å². The molecule has 1 saturated carbocycles. The molecule has 1 saturated heterocycles. The highest BCUT2D eigenvalue weighted by Gasteiger charge is 2.39. The molecule has 3 aromatic rings. The van der Waals surface area contributed by atoms with Gasteiger partial charge in [0.15, 0.2) is 5.17 Å². The standard InChI is InChI=1S/C30H32FN3OS/c1-19-14-15-25(16-20(19)2)33-21(3)17-23(22(33)4)18-28-29(35)34(24-10-6-5-7-11-24)30(36-28)32-27-13-9-8-12-26(27)31/h8-9,12-18,24H,5-7,10-11H2,1-4H3/b28-18-,32-30?. The van der Waals surface area contributed by atoms with Crippen LogP contribution in [0.1, 0.15) is 60.2 Å². The van der Waals surface area contributed by atoms with E-state index in [-0.39, 0.29) is 23.5 Å². The zero-order valence-corrected chi connectivity index (χ0v) is 22.2. The van der Waals surface area contributed by atoms with Crippen LogP contribution in [0.5, 0.6) is 0 Å². The zero-order valence-electron chi connectivity index (χ0n) is 21.3. The Hall–Kier alpha value is -3.12. The van der Waals surface area contributed by atoms with Crippen molar-refractivity contribution in [2.45, 2.75) is 65.8 Å². The Kier molecular flexibility index (Phi) is 6.89. The number of nitrogens with zero attached hydrogens (tertiary/aromatic N) is 3. The summed E-state index contributed by atoms with van der Waals surface area (Å²) < 4.78 is 16.7. The number of aryl methyl sites for hydroxylation is 3. The molecule has 186 valence electrons. The highest BCUT2D eigenvalue weighted by molar-refractivity contribution is 8.18. The van der Waals surface area contributed by atoms with E-state index in [1.165, 1.54) is 35.4 Å². The fourth-order valence-electron chi connectivity index (χ4n) is 5.21. The van der Waals surface area contributed by atoms with Crippen molar-refractivity contribution >= 4 is 34.6 Å². The molecule has 4 nitrogen and oxygen atoms in total. The Morgan fingerprint density at radius 1 is 0.972 bits per heavy atom. The molecule has 0 unspecified atom stereocenters. The van der Waals surface area contributed by atoms with Gasteiger partial charge in [-0.2, -0.15) is 0 Å². The van der Waals surface area contributed by atoms with Crippen LogP contribution in [0, 0.1) is 33.5 Å². The first kappa shape index (κ1) is 24.6. The second-order valence-electron chi connectivity index (χ2n) is 9.85. The number of amidine groups is 1. The summed E-state index contributed by atoms with van der Waals surface area (Å²) in [7, 11) is 0. The highest BCUT2D eigenvalue weighted by Crippen LogP contribution is 2.39. The van der Waals surface area contributed by atoms with Crippen molar-refractivity contribution in [2.24, 2.45) is 4.99 Å². The summed E-state index contributed by atoms with van der Waals surface area (Å²) >= 11 is 1.35. The Labute approximate surface area is 216 Å². The van der Waals surface area contributed by atoms with Crippen LogP contribution in [0.2, 0.25) is 0 Å². The molecule has 1 aliphatic carbocycles. The lowest BCUT2D eigenvalue weighted by atomic mass is 9.94. The van der Waals surface area contributed by atoms with E-state index in [0.29, 0.717) is 10.1 Å². The van der Waals surface area contributed by atoms with Crippen LogP contribution in [0.3, 0.4) is 0 Å². The number of halogens is 1. The minimum absolute atomic E-state index is 0.0297. The second-order valence-corrected chi connectivity index (χ2v) is 10.9. The third kappa shape index (κ3) is 4.66. The summed E-state index contributed by atoms with van der Waals surface area (Å²) in [4.78, 5) is 20.8. The Morgan fingerprint density at radius 3 is 2.44 bits per heavy atom. The maximum absolute atomic E-state index is 14.4. The smallest absolute Gasteiger partial charge is 0.267 e. The number of carbonyl (C=O) groups is 1. The van der Waals surface area contributed by atoms with Crippen molar-refractivity contribution < 1.29 is 9.18 Å². The number of amides is 1. The van der Waals surface area contributed by atoms with Crippen LogP contribution < -0.4 is 0 Å². The summed E-state index contributed by atoms with van der Waals surface area (Å²) in [6.45, 7) is 8.42. The molecule has 1 aliphatic heterocycles. The van der Waals surface area contributed by atoms with E-state index in [2.05, 4.69) is 61.5 Å². The van der Waals surface area contributed by atoms with Gasteiger partial charge in [-0.25, -0.2) is 9.38 Å². The lowest BCUT2D eigenvalue weighted by Crippen LogP contribution is -2.40. The Balaban J connectivity index is 1.54. The maximum Gasteiger partial charge on any atom is 0.267 e. The highest BCUT2D eigenvalue weighted by atomic mass is 32.2.